The largest absolute Gasteiger partial charge is 0.375 e. The number of hydrogen-bond donors (Lipinski definition) is 0. The summed E-state index contributed by atoms with van der Waals surface area (Å²) in [5, 5.41) is 0.622. The lowest BCUT2D eigenvalue weighted by Gasteiger charge is -2.13. The van der Waals surface area contributed by atoms with Crippen molar-refractivity contribution < 1.29 is 0 Å². The first-order valence-corrected chi connectivity index (χ1v) is 8.85. The molecule has 1 aromatic heterocycles. The van der Waals surface area contributed by atoms with Crippen molar-refractivity contribution in [2.75, 3.05) is 19.0 Å². The molecule has 1 aliphatic carbocycles. The molecule has 2 aromatic rings. The second-order valence-electron chi connectivity index (χ2n) is 5.62. The molecule has 1 aliphatic heterocycles. The minimum Gasteiger partial charge on any atom is -0.375 e. The minimum absolute atomic E-state index is 0.0790. The van der Waals surface area contributed by atoms with Gasteiger partial charge in [-0.2, -0.15) is 0 Å². The second kappa shape index (κ2) is 5.68. The molecule has 1 aromatic carbocycles. The van der Waals surface area contributed by atoms with E-state index in [9.17, 15) is 4.79 Å². The summed E-state index contributed by atoms with van der Waals surface area (Å²) in [7, 11) is 3.92. The molecule has 0 radical (unpaired) electrons. The zero-order valence-electron chi connectivity index (χ0n) is 13.0. The van der Waals surface area contributed by atoms with Crippen molar-refractivity contribution in [2.45, 2.75) is 0 Å². The van der Waals surface area contributed by atoms with E-state index in [2.05, 4.69) is 25.3 Å². The van der Waals surface area contributed by atoms with Crippen molar-refractivity contribution in [2.24, 2.45) is 0 Å². The smallest absolute Gasteiger partial charge is 0.267 e. The molecular formula is C17H13BrN4OS. The molecule has 7 heteroatoms. The summed E-state index contributed by atoms with van der Waals surface area (Å²) < 4.78 is 6.77. The number of benzene rings is 1. The van der Waals surface area contributed by atoms with Gasteiger partial charge < -0.3 is 4.90 Å². The third-order valence-electron chi connectivity index (χ3n) is 3.92. The van der Waals surface area contributed by atoms with Gasteiger partial charge in [-0.1, -0.05) is 15.9 Å². The summed E-state index contributed by atoms with van der Waals surface area (Å²) in [5.74, 6) is 0. The van der Waals surface area contributed by atoms with E-state index in [1.54, 1.807) is 17.1 Å². The molecule has 0 saturated carbocycles. The van der Waals surface area contributed by atoms with Gasteiger partial charge in [0.15, 0.2) is 0 Å². The molecule has 0 fully saturated rings. The van der Waals surface area contributed by atoms with E-state index < -0.39 is 0 Å². The lowest BCUT2D eigenvalue weighted by Crippen LogP contribution is -2.18. The zero-order chi connectivity index (χ0) is 16.8. The third kappa shape index (κ3) is 2.23. The van der Waals surface area contributed by atoms with Crippen LogP contribution in [0.2, 0.25) is 0 Å². The van der Waals surface area contributed by atoms with E-state index in [0.29, 0.717) is 5.39 Å². The monoisotopic (exact) mass is 400 g/mol. The average Bonchev–Trinajstić information content (AvgIpc) is 2.91. The Morgan fingerprint density at radius 1 is 1.17 bits per heavy atom. The molecule has 5 nitrogen and oxygen atoms in total. The van der Waals surface area contributed by atoms with Gasteiger partial charge in [-0.15, -0.1) is 0 Å². The fraction of sp³-hybridized carbons (Fsp3) is 0.118. The van der Waals surface area contributed by atoms with Crippen LogP contribution in [0.5, 0.6) is 0 Å². The van der Waals surface area contributed by atoms with Gasteiger partial charge in [0.05, 0.1) is 21.6 Å². The van der Waals surface area contributed by atoms with Crippen LogP contribution in [-0.4, -0.2) is 28.0 Å². The van der Waals surface area contributed by atoms with E-state index in [1.165, 1.54) is 11.5 Å². The van der Waals surface area contributed by atoms with Crippen molar-refractivity contribution in [1.29, 1.82) is 0 Å². The second-order valence-corrected chi connectivity index (χ2v) is 7.34. The van der Waals surface area contributed by atoms with Crippen LogP contribution >= 0.6 is 27.5 Å². The SMILES string of the molecule is CN(C)c1c2ccnsc-2c2c(=O)n(-c3ccc(Br)cc3)cnc12. The number of nitrogens with zero attached hydrogens (tertiary/aromatic N) is 4. The van der Waals surface area contributed by atoms with E-state index in [-0.39, 0.29) is 5.56 Å². The summed E-state index contributed by atoms with van der Waals surface area (Å²) in [5.41, 5.74) is 3.39. The number of halogens is 1. The molecule has 0 unspecified atom stereocenters. The Bertz CT molecular complexity index is 1070. The van der Waals surface area contributed by atoms with Crippen molar-refractivity contribution in [1.82, 2.24) is 13.9 Å². The molecule has 120 valence electrons. The van der Waals surface area contributed by atoms with Crippen molar-refractivity contribution in [3.05, 3.63) is 57.7 Å². The third-order valence-corrected chi connectivity index (χ3v) is 5.28. The number of fused-ring (bicyclic) bond motifs is 3. The molecular weight excluding hydrogens is 388 g/mol. The summed E-state index contributed by atoms with van der Waals surface area (Å²) in [6, 6.07) is 9.53. The molecule has 4 rings (SSSR count). The Balaban J connectivity index is 2.09. The van der Waals surface area contributed by atoms with Crippen LogP contribution in [0.3, 0.4) is 0 Å². The van der Waals surface area contributed by atoms with Crippen LogP contribution < -0.4 is 10.5 Å². The molecule has 0 saturated heterocycles. The molecule has 0 N–H and O–H groups in total. The first-order valence-electron chi connectivity index (χ1n) is 7.29. The molecule has 0 atom stereocenters. The first-order chi connectivity index (χ1) is 11.6. The quantitative estimate of drug-likeness (QED) is 0.513. The number of anilines is 1. The van der Waals surface area contributed by atoms with E-state index in [4.69, 9.17) is 0 Å². The summed E-state index contributed by atoms with van der Waals surface area (Å²) >= 11 is 4.74. The Kier molecular flexibility index (Phi) is 3.62. The number of rotatable bonds is 2. The summed E-state index contributed by atoms with van der Waals surface area (Å²) in [6.07, 6.45) is 3.35. The van der Waals surface area contributed by atoms with Gasteiger partial charge in [-0.25, -0.2) is 9.36 Å². The van der Waals surface area contributed by atoms with Gasteiger partial charge in [0.2, 0.25) is 0 Å². The van der Waals surface area contributed by atoms with E-state index in [0.717, 1.165) is 31.8 Å². The van der Waals surface area contributed by atoms with Gasteiger partial charge in [0.1, 0.15) is 11.8 Å². The predicted molar refractivity (Wildman–Crippen MR) is 102 cm³/mol. The fourth-order valence-corrected chi connectivity index (χ4v) is 3.91. The Hall–Kier alpha value is -2.25. The minimum atomic E-state index is -0.0790. The highest BCUT2D eigenvalue weighted by atomic mass is 79.9. The molecule has 24 heavy (non-hydrogen) atoms. The Morgan fingerprint density at radius 2 is 1.92 bits per heavy atom. The normalized spacial score (nSPS) is 11.3. The molecule has 0 spiro atoms. The maximum atomic E-state index is 13.1. The van der Waals surface area contributed by atoms with E-state index >= 15 is 0 Å². The van der Waals surface area contributed by atoms with Crippen molar-refractivity contribution >= 4 is 44.1 Å². The lowest BCUT2D eigenvalue weighted by atomic mass is 10.2. The zero-order valence-corrected chi connectivity index (χ0v) is 15.4. The first kappa shape index (κ1) is 15.3. The van der Waals surface area contributed by atoms with Crippen LogP contribution in [0.25, 0.3) is 27.0 Å². The van der Waals surface area contributed by atoms with Gasteiger partial charge in [0.25, 0.3) is 5.56 Å². The van der Waals surface area contributed by atoms with Crippen LogP contribution in [0.15, 0.2) is 52.1 Å². The van der Waals surface area contributed by atoms with Gasteiger partial charge in [-0.3, -0.25) is 9.36 Å². The van der Waals surface area contributed by atoms with Crippen LogP contribution in [0, 0.1) is 0 Å². The van der Waals surface area contributed by atoms with Crippen LogP contribution in [0.4, 0.5) is 5.69 Å². The predicted octanol–water partition coefficient (Wildman–Crippen LogP) is 3.78. The highest BCUT2D eigenvalue weighted by molar-refractivity contribution is 9.10. The van der Waals surface area contributed by atoms with Gasteiger partial charge >= 0.3 is 0 Å². The standard InChI is InChI=1S/C17H13BrN4OS/c1-21(2)15-12-7-8-20-24-16(12)13-14(15)19-9-22(17(13)23)11-5-3-10(18)4-6-11/h3-9H,1-2H3. The van der Waals surface area contributed by atoms with Crippen LogP contribution in [-0.2, 0) is 0 Å². The van der Waals surface area contributed by atoms with Crippen molar-refractivity contribution in [3.63, 3.8) is 0 Å². The number of aromatic nitrogens is 3. The van der Waals surface area contributed by atoms with Crippen LogP contribution in [0.1, 0.15) is 0 Å². The van der Waals surface area contributed by atoms with Gasteiger partial charge in [-0.05, 0) is 41.9 Å². The molecule has 2 heterocycles. The highest BCUT2D eigenvalue weighted by Gasteiger charge is 2.24. The summed E-state index contributed by atoms with van der Waals surface area (Å²) in [4.78, 5) is 20.6. The van der Waals surface area contributed by atoms with E-state index in [1.807, 2.05) is 49.3 Å². The maximum Gasteiger partial charge on any atom is 0.267 e. The Morgan fingerprint density at radius 3 is 2.62 bits per heavy atom. The lowest BCUT2D eigenvalue weighted by molar-refractivity contribution is 0.963. The summed E-state index contributed by atoms with van der Waals surface area (Å²) in [6.45, 7) is 0. The molecule has 0 amide bonds. The van der Waals surface area contributed by atoms with Gasteiger partial charge in [0, 0.05) is 30.3 Å². The maximum absolute atomic E-state index is 13.1. The fourth-order valence-electron chi connectivity index (χ4n) is 2.88. The van der Waals surface area contributed by atoms with Crippen molar-refractivity contribution in [3.8, 4) is 16.1 Å². The molecule has 0 bridgehead atoms. The average molecular weight is 401 g/mol. The Labute approximate surface area is 150 Å². The molecule has 2 aliphatic rings. The number of hydrogen-bond acceptors (Lipinski definition) is 5. The highest BCUT2D eigenvalue weighted by Crippen LogP contribution is 2.43. The topological polar surface area (TPSA) is 51.0 Å².